The predicted molar refractivity (Wildman–Crippen MR) is 71.8 cm³/mol. The highest BCUT2D eigenvalue weighted by atomic mass is 16.3. The molecule has 1 amide bonds. The van der Waals surface area contributed by atoms with Gasteiger partial charge in [-0.15, -0.1) is 6.58 Å². The van der Waals surface area contributed by atoms with E-state index < -0.39 is 0 Å². The van der Waals surface area contributed by atoms with Gasteiger partial charge in [0.25, 0.3) is 5.91 Å². The number of benzene rings is 1. The molecule has 0 unspecified atom stereocenters. The first-order valence-corrected chi connectivity index (χ1v) is 6.14. The Bertz CT molecular complexity index is 457. The van der Waals surface area contributed by atoms with Gasteiger partial charge in [0.1, 0.15) is 0 Å². The quantitative estimate of drug-likeness (QED) is 0.769. The van der Waals surface area contributed by atoms with Crippen LogP contribution in [0.3, 0.4) is 0 Å². The molecule has 96 valence electrons. The monoisotopic (exact) mass is 246 g/mol. The van der Waals surface area contributed by atoms with Gasteiger partial charge in [0.2, 0.25) is 0 Å². The maximum Gasteiger partial charge on any atom is 0.254 e. The zero-order chi connectivity index (χ0) is 13.0. The number of carbonyl (C=O) groups excluding carboxylic acids is 1. The average molecular weight is 246 g/mol. The van der Waals surface area contributed by atoms with Crippen molar-refractivity contribution in [3.8, 4) is 0 Å². The molecule has 0 saturated heterocycles. The highest BCUT2D eigenvalue weighted by Gasteiger charge is 2.17. The highest BCUT2D eigenvalue weighted by molar-refractivity contribution is 5.95. The van der Waals surface area contributed by atoms with Gasteiger partial charge in [-0.05, 0) is 30.2 Å². The van der Waals surface area contributed by atoms with Gasteiger partial charge >= 0.3 is 0 Å². The van der Waals surface area contributed by atoms with E-state index >= 15 is 0 Å². The first kappa shape index (κ1) is 12.6. The Hall–Kier alpha value is -1.81. The van der Waals surface area contributed by atoms with Crippen LogP contribution in [0.15, 0.2) is 30.9 Å². The fraction of sp³-hybridized carbons (Fsp3) is 0.357. The molecule has 4 nitrogen and oxygen atoms in total. The summed E-state index contributed by atoms with van der Waals surface area (Å²) in [6, 6.07) is 5.71. The number of amides is 1. The molecule has 0 fully saturated rings. The number of nitrogens with one attached hydrogen (secondary N) is 1. The van der Waals surface area contributed by atoms with E-state index in [1.807, 2.05) is 18.2 Å². The summed E-state index contributed by atoms with van der Waals surface area (Å²) in [5.74, 6) is -0.0568. The standard InChI is InChI=1S/C14H18N2O2/c1-2-7-16(8-9-17)14(18)12-3-4-13-11(10-12)5-6-15-13/h2-4,10,15,17H,1,5-9H2. The van der Waals surface area contributed by atoms with Crippen LogP contribution >= 0.6 is 0 Å². The molecular formula is C14H18N2O2. The first-order valence-electron chi connectivity index (χ1n) is 6.14. The summed E-state index contributed by atoms with van der Waals surface area (Å²) in [5.41, 5.74) is 2.97. The SMILES string of the molecule is C=CCN(CCO)C(=O)c1ccc2c(c1)CCN2. The lowest BCUT2D eigenvalue weighted by Crippen LogP contribution is -2.33. The van der Waals surface area contributed by atoms with Crippen LogP contribution < -0.4 is 5.32 Å². The van der Waals surface area contributed by atoms with E-state index in [0.29, 0.717) is 18.7 Å². The molecule has 0 radical (unpaired) electrons. The summed E-state index contributed by atoms with van der Waals surface area (Å²) in [6.07, 6.45) is 2.63. The van der Waals surface area contributed by atoms with Crippen LogP contribution in [0.1, 0.15) is 15.9 Å². The highest BCUT2D eigenvalue weighted by Crippen LogP contribution is 2.23. The van der Waals surface area contributed by atoms with Crippen LogP contribution in [0.4, 0.5) is 5.69 Å². The lowest BCUT2D eigenvalue weighted by atomic mass is 10.1. The Morgan fingerprint density at radius 1 is 1.56 bits per heavy atom. The van der Waals surface area contributed by atoms with Crippen molar-refractivity contribution in [1.29, 1.82) is 0 Å². The van der Waals surface area contributed by atoms with E-state index in [4.69, 9.17) is 5.11 Å². The van der Waals surface area contributed by atoms with Crippen molar-refractivity contribution in [2.45, 2.75) is 6.42 Å². The molecule has 0 saturated carbocycles. The minimum atomic E-state index is -0.0568. The molecule has 0 atom stereocenters. The zero-order valence-electron chi connectivity index (χ0n) is 10.4. The second-order valence-electron chi connectivity index (χ2n) is 4.31. The number of aliphatic hydroxyl groups excluding tert-OH is 1. The van der Waals surface area contributed by atoms with Crippen LogP contribution in [0, 0.1) is 0 Å². The van der Waals surface area contributed by atoms with Crippen molar-refractivity contribution in [3.63, 3.8) is 0 Å². The maximum atomic E-state index is 12.3. The van der Waals surface area contributed by atoms with Crippen LogP contribution in [-0.4, -0.2) is 42.2 Å². The number of nitrogens with zero attached hydrogens (tertiary/aromatic N) is 1. The van der Waals surface area contributed by atoms with E-state index in [2.05, 4.69) is 11.9 Å². The van der Waals surface area contributed by atoms with E-state index in [1.165, 1.54) is 5.56 Å². The normalized spacial score (nSPS) is 12.7. The number of aliphatic hydroxyl groups is 1. The molecule has 0 aliphatic carbocycles. The lowest BCUT2D eigenvalue weighted by molar-refractivity contribution is 0.0743. The molecule has 0 bridgehead atoms. The molecule has 4 heteroatoms. The molecule has 1 aliphatic heterocycles. The summed E-state index contributed by atoms with van der Waals surface area (Å²) in [7, 11) is 0. The molecule has 0 aromatic heterocycles. The van der Waals surface area contributed by atoms with E-state index in [1.54, 1.807) is 11.0 Å². The predicted octanol–water partition coefficient (Wildman–Crippen LogP) is 1.28. The van der Waals surface area contributed by atoms with Gasteiger partial charge in [-0.3, -0.25) is 4.79 Å². The van der Waals surface area contributed by atoms with Crippen molar-refractivity contribution in [2.24, 2.45) is 0 Å². The third kappa shape index (κ3) is 2.54. The fourth-order valence-corrected chi connectivity index (χ4v) is 2.17. The number of anilines is 1. The Balaban J connectivity index is 2.18. The summed E-state index contributed by atoms with van der Waals surface area (Å²) in [5, 5.41) is 12.2. The Morgan fingerprint density at radius 3 is 3.11 bits per heavy atom. The van der Waals surface area contributed by atoms with Gasteiger partial charge in [-0.2, -0.15) is 0 Å². The molecule has 1 aromatic carbocycles. The third-order valence-electron chi connectivity index (χ3n) is 3.07. The van der Waals surface area contributed by atoms with Crippen LogP contribution in [0.2, 0.25) is 0 Å². The van der Waals surface area contributed by atoms with Gasteiger partial charge < -0.3 is 15.3 Å². The number of rotatable bonds is 5. The number of hydrogen-bond acceptors (Lipinski definition) is 3. The second kappa shape index (κ2) is 5.69. The topological polar surface area (TPSA) is 52.6 Å². The molecule has 1 heterocycles. The van der Waals surface area contributed by atoms with E-state index in [0.717, 1.165) is 18.7 Å². The average Bonchev–Trinajstić information content (AvgIpc) is 2.84. The molecule has 2 rings (SSSR count). The van der Waals surface area contributed by atoms with Crippen LogP contribution in [0.25, 0.3) is 0 Å². The van der Waals surface area contributed by atoms with E-state index in [-0.39, 0.29) is 12.5 Å². The zero-order valence-corrected chi connectivity index (χ0v) is 10.4. The maximum absolute atomic E-state index is 12.3. The van der Waals surface area contributed by atoms with Crippen molar-refractivity contribution >= 4 is 11.6 Å². The number of fused-ring (bicyclic) bond motifs is 1. The van der Waals surface area contributed by atoms with Crippen LogP contribution in [0.5, 0.6) is 0 Å². The summed E-state index contributed by atoms with van der Waals surface area (Å²) >= 11 is 0. The third-order valence-corrected chi connectivity index (χ3v) is 3.07. The summed E-state index contributed by atoms with van der Waals surface area (Å²) in [4.78, 5) is 13.9. The van der Waals surface area contributed by atoms with Crippen LogP contribution in [-0.2, 0) is 6.42 Å². The summed E-state index contributed by atoms with van der Waals surface area (Å²) in [6.45, 7) is 5.31. The van der Waals surface area contributed by atoms with Crippen molar-refractivity contribution in [3.05, 3.63) is 42.0 Å². The van der Waals surface area contributed by atoms with Crippen molar-refractivity contribution in [1.82, 2.24) is 4.90 Å². The Morgan fingerprint density at radius 2 is 2.39 bits per heavy atom. The minimum absolute atomic E-state index is 0.0356. The van der Waals surface area contributed by atoms with Gasteiger partial charge in [0.05, 0.1) is 6.61 Å². The molecule has 0 spiro atoms. The van der Waals surface area contributed by atoms with Crippen molar-refractivity contribution < 1.29 is 9.90 Å². The van der Waals surface area contributed by atoms with E-state index in [9.17, 15) is 4.79 Å². The first-order chi connectivity index (χ1) is 8.76. The van der Waals surface area contributed by atoms with Gasteiger partial charge in [-0.25, -0.2) is 0 Å². The molecule has 1 aromatic rings. The molecule has 1 aliphatic rings. The Labute approximate surface area is 107 Å². The number of hydrogen-bond donors (Lipinski definition) is 2. The number of carbonyl (C=O) groups is 1. The van der Waals surface area contributed by atoms with Gasteiger partial charge in [0, 0.05) is 30.9 Å². The minimum Gasteiger partial charge on any atom is -0.395 e. The fourth-order valence-electron chi connectivity index (χ4n) is 2.17. The summed E-state index contributed by atoms with van der Waals surface area (Å²) < 4.78 is 0. The molecular weight excluding hydrogens is 228 g/mol. The van der Waals surface area contributed by atoms with Crippen molar-refractivity contribution in [2.75, 3.05) is 31.6 Å². The molecule has 18 heavy (non-hydrogen) atoms. The van der Waals surface area contributed by atoms with Gasteiger partial charge in [-0.1, -0.05) is 6.08 Å². The Kier molecular flexibility index (Phi) is 3.99. The largest absolute Gasteiger partial charge is 0.395 e. The second-order valence-corrected chi connectivity index (χ2v) is 4.31. The lowest BCUT2D eigenvalue weighted by Gasteiger charge is -2.20. The van der Waals surface area contributed by atoms with Gasteiger partial charge in [0.15, 0.2) is 0 Å². The smallest absolute Gasteiger partial charge is 0.254 e. The molecule has 2 N–H and O–H groups in total.